The number of rotatable bonds is 6. The highest BCUT2D eigenvalue weighted by Crippen LogP contribution is 2.22. The van der Waals surface area contributed by atoms with E-state index in [-0.39, 0.29) is 29.9 Å². The van der Waals surface area contributed by atoms with Crippen molar-refractivity contribution in [2.45, 2.75) is 12.8 Å². The van der Waals surface area contributed by atoms with Crippen LogP contribution in [0.15, 0.2) is 42.5 Å². The molecule has 0 aliphatic carbocycles. The maximum Gasteiger partial charge on any atom is 0.339 e. The van der Waals surface area contributed by atoms with Crippen LogP contribution < -0.4 is 5.32 Å². The molecule has 2 aromatic carbocycles. The monoisotopic (exact) mass is 347 g/mol. The van der Waals surface area contributed by atoms with E-state index < -0.39 is 17.6 Å². The minimum atomic E-state index is -1.26. The first kappa shape index (κ1) is 17.5. The summed E-state index contributed by atoms with van der Waals surface area (Å²) in [6.45, 7) is 0. The van der Waals surface area contributed by atoms with Crippen LogP contribution in [0.1, 0.15) is 33.6 Å². The number of amides is 1. The Balaban J connectivity index is 1.91. The molecule has 0 aliphatic heterocycles. The third kappa shape index (κ3) is 4.57. The largest absolute Gasteiger partial charge is 0.507 e. The number of phenols is 1. The minimum Gasteiger partial charge on any atom is -0.507 e. The van der Waals surface area contributed by atoms with Crippen molar-refractivity contribution < 1.29 is 24.6 Å². The Morgan fingerprint density at radius 1 is 1.00 bits per heavy atom. The van der Waals surface area contributed by atoms with E-state index in [4.69, 9.17) is 16.7 Å². The SMILES string of the molecule is O=C(CCC(=O)c1ccc(Cl)cc1)Nc1ccc(C(=O)O)c(O)c1. The summed E-state index contributed by atoms with van der Waals surface area (Å²) in [7, 11) is 0. The van der Waals surface area contributed by atoms with Gasteiger partial charge in [0.2, 0.25) is 5.91 Å². The van der Waals surface area contributed by atoms with Gasteiger partial charge in [0.05, 0.1) is 0 Å². The number of carbonyl (C=O) groups is 3. The number of carbonyl (C=O) groups excluding carboxylic acids is 2. The van der Waals surface area contributed by atoms with Crippen molar-refractivity contribution in [3.63, 3.8) is 0 Å². The van der Waals surface area contributed by atoms with Gasteiger partial charge in [0.25, 0.3) is 0 Å². The fourth-order valence-corrected chi connectivity index (χ4v) is 2.15. The summed E-state index contributed by atoms with van der Waals surface area (Å²) in [5.74, 6) is -2.32. The van der Waals surface area contributed by atoms with Crippen molar-refractivity contribution in [3.8, 4) is 5.75 Å². The zero-order valence-electron chi connectivity index (χ0n) is 12.5. The van der Waals surface area contributed by atoms with E-state index in [1.54, 1.807) is 24.3 Å². The van der Waals surface area contributed by atoms with E-state index >= 15 is 0 Å². The normalized spacial score (nSPS) is 10.2. The van der Waals surface area contributed by atoms with Gasteiger partial charge in [-0.3, -0.25) is 9.59 Å². The molecular weight excluding hydrogens is 334 g/mol. The van der Waals surface area contributed by atoms with E-state index in [0.717, 1.165) is 6.07 Å². The summed E-state index contributed by atoms with van der Waals surface area (Å²) in [5.41, 5.74) is 0.461. The third-order valence-electron chi connectivity index (χ3n) is 3.26. The first-order valence-electron chi connectivity index (χ1n) is 7.02. The number of halogens is 1. The Morgan fingerprint density at radius 2 is 1.67 bits per heavy atom. The van der Waals surface area contributed by atoms with Gasteiger partial charge in [-0.25, -0.2) is 4.79 Å². The molecule has 0 saturated carbocycles. The molecule has 0 fully saturated rings. The molecule has 124 valence electrons. The summed E-state index contributed by atoms with van der Waals surface area (Å²) in [5, 5.41) is 21.4. The molecule has 0 heterocycles. The topological polar surface area (TPSA) is 104 Å². The number of ketones is 1. The standard InChI is InChI=1S/C17H14ClNO5/c18-11-3-1-10(2-4-11)14(20)7-8-16(22)19-12-5-6-13(17(23)24)15(21)9-12/h1-6,9,21H,7-8H2,(H,19,22)(H,23,24). The van der Waals surface area contributed by atoms with Gasteiger partial charge in [-0.2, -0.15) is 0 Å². The quantitative estimate of drug-likeness (QED) is 0.695. The van der Waals surface area contributed by atoms with Gasteiger partial charge in [0, 0.05) is 35.2 Å². The first-order valence-corrected chi connectivity index (χ1v) is 7.39. The number of aromatic hydroxyl groups is 1. The number of hydrogen-bond donors (Lipinski definition) is 3. The molecule has 0 bridgehead atoms. The minimum absolute atomic E-state index is 0.0205. The molecular formula is C17H14ClNO5. The summed E-state index contributed by atoms with van der Waals surface area (Å²) >= 11 is 5.74. The van der Waals surface area contributed by atoms with Gasteiger partial charge in [-0.1, -0.05) is 11.6 Å². The summed E-state index contributed by atoms with van der Waals surface area (Å²) in [4.78, 5) is 34.6. The molecule has 2 rings (SSSR count). The Bertz CT molecular complexity index is 786. The van der Waals surface area contributed by atoms with Gasteiger partial charge in [0.15, 0.2) is 5.78 Å². The molecule has 0 spiro atoms. The number of nitrogens with one attached hydrogen (secondary N) is 1. The maximum atomic E-state index is 12.0. The van der Waals surface area contributed by atoms with Crippen LogP contribution >= 0.6 is 11.6 Å². The van der Waals surface area contributed by atoms with Gasteiger partial charge in [-0.15, -0.1) is 0 Å². The van der Waals surface area contributed by atoms with E-state index in [1.807, 2.05) is 0 Å². The predicted octanol–water partition coefficient (Wildman–Crippen LogP) is 3.35. The van der Waals surface area contributed by atoms with E-state index in [1.165, 1.54) is 12.1 Å². The van der Waals surface area contributed by atoms with Crippen molar-refractivity contribution in [2.24, 2.45) is 0 Å². The van der Waals surface area contributed by atoms with Crippen LogP contribution in [0, 0.1) is 0 Å². The molecule has 0 radical (unpaired) electrons. The molecule has 3 N–H and O–H groups in total. The number of benzene rings is 2. The third-order valence-corrected chi connectivity index (χ3v) is 3.51. The fraction of sp³-hybridized carbons (Fsp3) is 0.118. The second kappa shape index (κ2) is 7.61. The molecule has 0 aliphatic rings. The molecule has 1 amide bonds. The summed E-state index contributed by atoms with van der Waals surface area (Å²) in [6, 6.07) is 10.1. The molecule has 6 nitrogen and oxygen atoms in total. The van der Waals surface area contributed by atoms with Crippen LogP contribution in [0.25, 0.3) is 0 Å². The number of aromatic carboxylic acids is 1. The van der Waals surface area contributed by atoms with Crippen LogP contribution in [0.5, 0.6) is 5.75 Å². The van der Waals surface area contributed by atoms with E-state index in [0.29, 0.717) is 10.6 Å². The van der Waals surface area contributed by atoms with Crippen molar-refractivity contribution in [3.05, 3.63) is 58.6 Å². The Morgan fingerprint density at radius 3 is 2.25 bits per heavy atom. The summed E-state index contributed by atoms with van der Waals surface area (Å²) in [6.07, 6.45) is -0.0183. The van der Waals surface area contributed by atoms with Gasteiger partial charge < -0.3 is 15.5 Å². The van der Waals surface area contributed by atoms with Crippen molar-refractivity contribution in [1.82, 2.24) is 0 Å². The number of hydrogen-bond acceptors (Lipinski definition) is 4. The number of Topliss-reactive ketones (excluding diaryl/α,β-unsaturated/α-hetero) is 1. The second-order valence-corrected chi connectivity index (χ2v) is 5.45. The van der Waals surface area contributed by atoms with Gasteiger partial charge in [0.1, 0.15) is 11.3 Å². The Hall–Kier alpha value is -2.86. The molecule has 7 heteroatoms. The van der Waals surface area contributed by atoms with Crippen LogP contribution in [-0.2, 0) is 4.79 Å². The van der Waals surface area contributed by atoms with Gasteiger partial charge in [-0.05, 0) is 36.4 Å². The van der Waals surface area contributed by atoms with Gasteiger partial charge >= 0.3 is 5.97 Å². The van der Waals surface area contributed by atoms with Crippen molar-refractivity contribution >= 4 is 34.9 Å². The highest BCUT2D eigenvalue weighted by molar-refractivity contribution is 6.30. The van der Waals surface area contributed by atoms with E-state index in [9.17, 15) is 19.5 Å². The lowest BCUT2D eigenvalue weighted by atomic mass is 10.1. The highest BCUT2D eigenvalue weighted by atomic mass is 35.5. The fourth-order valence-electron chi connectivity index (χ4n) is 2.02. The molecule has 0 unspecified atom stereocenters. The zero-order valence-corrected chi connectivity index (χ0v) is 13.2. The Kier molecular flexibility index (Phi) is 5.55. The van der Waals surface area contributed by atoms with Crippen LogP contribution in [0.2, 0.25) is 5.02 Å². The molecule has 0 aromatic heterocycles. The molecule has 0 saturated heterocycles. The highest BCUT2D eigenvalue weighted by Gasteiger charge is 2.12. The molecule has 0 atom stereocenters. The zero-order chi connectivity index (χ0) is 17.7. The van der Waals surface area contributed by atoms with E-state index in [2.05, 4.69) is 5.32 Å². The van der Waals surface area contributed by atoms with Crippen molar-refractivity contribution in [2.75, 3.05) is 5.32 Å². The average molecular weight is 348 g/mol. The van der Waals surface area contributed by atoms with Crippen molar-refractivity contribution in [1.29, 1.82) is 0 Å². The number of carboxylic acids is 1. The Labute approximate surface area is 142 Å². The van der Waals surface area contributed by atoms with Crippen LogP contribution in [-0.4, -0.2) is 27.9 Å². The number of anilines is 1. The number of carboxylic acid groups (broad SMARTS) is 1. The maximum absolute atomic E-state index is 12.0. The first-order chi connectivity index (χ1) is 11.4. The van der Waals surface area contributed by atoms with Crippen LogP contribution in [0.3, 0.4) is 0 Å². The van der Waals surface area contributed by atoms with Crippen LogP contribution in [0.4, 0.5) is 5.69 Å². The summed E-state index contributed by atoms with van der Waals surface area (Å²) < 4.78 is 0. The lowest BCUT2D eigenvalue weighted by molar-refractivity contribution is -0.116. The molecule has 24 heavy (non-hydrogen) atoms. The molecule has 2 aromatic rings. The lowest BCUT2D eigenvalue weighted by Crippen LogP contribution is -2.13. The smallest absolute Gasteiger partial charge is 0.339 e. The second-order valence-electron chi connectivity index (χ2n) is 5.02. The lowest BCUT2D eigenvalue weighted by Gasteiger charge is -2.07. The predicted molar refractivity (Wildman–Crippen MR) is 88.7 cm³/mol. The average Bonchev–Trinajstić information content (AvgIpc) is 2.53.